The summed E-state index contributed by atoms with van der Waals surface area (Å²) in [5, 5.41) is 3.63. The third-order valence-electron chi connectivity index (χ3n) is 3.48. The van der Waals surface area contributed by atoms with Gasteiger partial charge in [0.05, 0.1) is 13.2 Å². The van der Waals surface area contributed by atoms with Gasteiger partial charge in [-0.25, -0.2) is 0 Å². The molecule has 0 heterocycles. The monoisotopic (exact) mass is 347 g/mol. The number of halogens is 1. The lowest BCUT2D eigenvalue weighted by molar-refractivity contribution is 0.403. The smallest absolute Gasteiger partial charge is 0.125 e. The Balaban J connectivity index is 2.45. The summed E-state index contributed by atoms with van der Waals surface area (Å²) in [5.74, 6) is 0.902. The van der Waals surface area contributed by atoms with E-state index >= 15 is 0 Å². The molecular formula is C18H22BrNO. The van der Waals surface area contributed by atoms with Crippen LogP contribution in [0.3, 0.4) is 0 Å². The summed E-state index contributed by atoms with van der Waals surface area (Å²) in [6.45, 7) is 5.27. The highest BCUT2D eigenvalue weighted by atomic mass is 79.9. The lowest BCUT2D eigenvalue weighted by atomic mass is 9.96. The molecule has 112 valence electrons. The SMILES string of the molecule is CCCNC(c1cccc(C)c1)c1ccc(Br)cc1OC. The standard InChI is InChI=1S/C18H22BrNO/c1-4-10-20-18(14-7-5-6-13(2)11-14)16-9-8-15(19)12-17(16)21-3/h5-9,11-12,18,20H,4,10H2,1-3H3. The van der Waals surface area contributed by atoms with E-state index in [1.807, 2.05) is 6.07 Å². The minimum atomic E-state index is 0.146. The second kappa shape index (κ2) is 7.62. The number of hydrogen-bond donors (Lipinski definition) is 1. The molecule has 0 spiro atoms. The molecule has 0 aliphatic rings. The molecule has 0 aliphatic carbocycles. The highest BCUT2D eigenvalue weighted by Gasteiger charge is 2.18. The van der Waals surface area contributed by atoms with E-state index in [9.17, 15) is 0 Å². The van der Waals surface area contributed by atoms with Crippen molar-refractivity contribution >= 4 is 15.9 Å². The van der Waals surface area contributed by atoms with E-state index in [0.29, 0.717) is 0 Å². The molecule has 1 atom stereocenters. The fraction of sp³-hybridized carbons (Fsp3) is 0.333. The van der Waals surface area contributed by atoms with E-state index < -0.39 is 0 Å². The Labute approximate surface area is 135 Å². The average Bonchev–Trinajstić information content (AvgIpc) is 2.49. The Morgan fingerprint density at radius 2 is 2.00 bits per heavy atom. The first-order valence-corrected chi connectivity index (χ1v) is 8.08. The van der Waals surface area contributed by atoms with Crippen molar-refractivity contribution < 1.29 is 4.74 Å². The van der Waals surface area contributed by atoms with Crippen LogP contribution < -0.4 is 10.1 Å². The Kier molecular flexibility index (Phi) is 5.83. The summed E-state index contributed by atoms with van der Waals surface area (Å²) in [6.07, 6.45) is 1.10. The van der Waals surface area contributed by atoms with Gasteiger partial charge in [-0.1, -0.05) is 58.7 Å². The molecule has 2 aromatic rings. The lowest BCUT2D eigenvalue weighted by Gasteiger charge is -2.22. The van der Waals surface area contributed by atoms with Crippen molar-refractivity contribution in [2.24, 2.45) is 0 Å². The van der Waals surface area contributed by atoms with Crippen LogP contribution in [0, 0.1) is 6.92 Å². The summed E-state index contributed by atoms with van der Waals surface area (Å²) in [7, 11) is 1.72. The van der Waals surface area contributed by atoms with Crippen molar-refractivity contribution in [3.8, 4) is 5.75 Å². The maximum Gasteiger partial charge on any atom is 0.125 e. The summed E-state index contributed by atoms with van der Waals surface area (Å²) in [5.41, 5.74) is 3.70. The van der Waals surface area contributed by atoms with Crippen molar-refractivity contribution in [3.05, 3.63) is 63.6 Å². The van der Waals surface area contributed by atoms with Gasteiger partial charge in [0.2, 0.25) is 0 Å². The maximum absolute atomic E-state index is 5.57. The third kappa shape index (κ3) is 4.08. The number of methoxy groups -OCH3 is 1. The topological polar surface area (TPSA) is 21.3 Å². The molecule has 0 amide bonds. The predicted molar refractivity (Wildman–Crippen MR) is 92.0 cm³/mol. The third-order valence-corrected chi connectivity index (χ3v) is 3.97. The molecule has 0 saturated heterocycles. The first kappa shape index (κ1) is 16.1. The van der Waals surface area contributed by atoms with Crippen molar-refractivity contribution in [2.75, 3.05) is 13.7 Å². The van der Waals surface area contributed by atoms with E-state index in [0.717, 1.165) is 23.2 Å². The molecule has 0 saturated carbocycles. The minimum Gasteiger partial charge on any atom is -0.496 e. The van der Waals surface area contributed by atoms with Crippen LogP contribution >= 0.6 is 15.9 Å². The molecule has 1 N–H and O–H groups in total. The Bertz CT molecular complexity index is 598. The lowest BCUT2D eigenvalue weighted by Crippen LogP contribution is -2.23. The van der Waals surface area contributed by atoms with Crippen LogP contribution in [0.5, 0.6) is 5.75 Å². The van der Waals surface area contributed by atoms with Crippen LogP contribution in [0.1, 0.15) is 36.1 Å². The second-order valence-corrected chi connectivity index (χ2v) is 6.10. The summed E-state index contributed by atoms with van der Waals surface area (Å²) in [6, 6.07) is 15.0. The van der Waals surface area contributed by atoms with Gasteiger partial charge in [0.15, 0.2) is 0 Å². The fourth-order valence-corrected chi connectivity index (χ4v) is 2.81. The zero-order valence-electron chi connectivity index (χ0n) is 12.8. The van der Waals surface area contributed by atoms with E-state index in [1.54, 1.807) is 7.11 Å². The zero-order chi connectivity index (χ0) is 15.2. The van der Waals surface area contributed by atoms with Gasteiger partial charge >= 0.3 is 0 Å². The van der Waals surface area contributed by atoms with Gasteiger partial charge in [0.25, 0.3) is 0 Å². The van der Waals surface area contributed by atoms with Gasteiger partial charge < -0.3 is 10.1 Å². The van der Waals surface area contributed by atoms with Crippen molar-refractivity contribution in [1.29, 1.82) is 0 Å². The largest absolute Gasteiger partial charge is 0.496 e. The van der Waals surface area contributed by atoms with Crippen LogP contribution in [0.25, 0.3) is 0 Å². The van der Waals surface area contributed by atoms with Crippen LogP contribution in [0.15, 0.2) is 46.9 Å². The van der Waals surface area contributed by atoms with Crippen molar-refractivity contribution in [1.82, 2.24) is 5.32 Å². The maximum atomic E-state index is 5.57. The quantitative estimate of drug-likeness (QED) is 0.805. The number of nitrogens with one attached hydrogen (secondary N) is 1. The van der Waals surface area contributed by atoms with Gasteiger partial charge in [0.1, 0.15) is 5.75 Å². The number of ether oxygens (including phenoxy) is 1. The first-order valence-electron chi connectivity index (χ1n) is 7.29. The average molecular weight is 348 g/mol. The van der Waals surface area contributed by atoms with E-state index in [4.69, 9.17) is 4.74 Å². The van der Waals surface area contributed by atoms with Crippen LogP contribution in [-0.4, -0.2) is 13.7 Å². The molecule has 0 aliphatic heterocycles. The van der Waals surface area contributed by atoms with E-state index in [1.165, 1.54) is 16.7 Å². The number of rotatable bonds is 6. The van der Waals surface area contributed by atoms with Gasteiger partial charge in [-0.05, 0) is 37.6 Å². The Morgan fingerprint density at radius 3 is 2.67 bits per heavy atom. The number of aryl methyl sites for hydroxylation is 1. The molecule has 0 aromatic heterocycles. The molecule has 2 rings (SSSR count). The van der Waals surface area contributed by atoms with Gasteiger partial charge in [-0.15, -0.1) is 0 Å². The van der Waals surface area contributed by atoms with Gasteiger partial charge in [-0.3, -0.25) is 0 Å². The molecular weight excluding hydrogens is 326 g/mol. The highest BCUT2D eigenvalue weighted by molar-refractivity contribution is 9.10. The highest BCUT2D eigenvalue weighted by Crippen LogP contribution is 2.32. The molecule has 0 fully saturated rings. The van der Waals surface area contributed by atoms with E-state index in [-0.39, 0.29) is 6.04 Å². The molecule has 2 aromatic carbocycles. The van der Waals surface area contributed by atoms with E-state index in [2.05, 4.69) is 71.5 Å². The first-order chi connectivity index (χ1) is 10.2. The Morgan fingerprint density at radius 1 is 1.19 bits per heavy atom. The molecule has 0 bridgehead atoms. The van der Waals surface area contributed by atoms with Gasteiger partial charge in [-0.2, -0.15) is 0 Å². The molecule has 2 nitrogen and oxygen atoms in total. The predicted octanol–water partition coefficient (Wildman–Crippen LogP) is 4.86. The van der Waals surface area contributed by atoms with Crippen LogP contribution in [-0.2, 0) is 0 Å². The van der Waals surface area contributed by atoms with Crippen molar-refractivity contribution in [3.63, 3.8) is 0 Å². The number of benzene rings is 2. The molecule has 3 heteroatoms. The second-order valence-electron chi connectivity index (χ2n) is 5.19. The molecule has 21 heavy (non-hydrogen) atoms. The summed E-state index contributed by atoms with van der Waals surface area (Å²) >= 11 is 3.51. The summed E-state index contributed by atoms with van der Waals surface area (Å²) in [4.78, 5) is 0. The Hall–Kier alpha value is -1.32. The molecule has 1 unspecified atom stereocenters. The minimum absolute atomic E-state index is 0.146. The van der Waals surface area contributed by atoms with Crippen LogP contribution in [0.4, 0.5) is 0 Å². The summed E-state index contributed by atoms with van der Waals surface area (Å²) < 4.78 is 6.60. The zero-order valence-corrected chi connectivity index (χ0v) is 14.4. The van der Waals surface area contributed by atoms with Crippen molar-refractivity contribution in [2.45, 2.75) is 26.3 Å². The normalized spacial score (nSPS) is 12.2. The number of hydrogen-bond acceptors (Lipinski definition) is 2. The van der Waals surface area contributed by atoms with Gasteiger partial charge in [0, 0.05) is 10.0 Å². The van der Waals surface area contributed by atoms with Crippen LogP contribution in [0.2, 0.25) is 0 Å². The molecule has 0 radical (unpaired) electrons. The fourth-order valence-electron chi connectivity index (χ4n) is 2.47.